The van der Waals surface area contributed by atoms with E-state index >= 15 is 0 Å². The van der Waals surface area contributed by atoms with Crippen LogP contribution >= 0.6 is 0 Å². The number of allylic oxidation sites excluding steroid dienone is 8. The van der Waals surface area contributed by atoms with Crippen molar-refractivity contribution in [3.8, 4) is 0 Å². The monoisotopic (exact) mass is 944 g/mol. The summed E-state index contributed by atoms with van der Waals surface area (Å²) in [6.07, 6.45) is 46.6. The first-order chi connectivity index (χ1) is 32.6. The van der Waals surface area contributed by atoms with Gasteiger partial charge in [-0.1, -0.05) is 169 Å². The van der Waals surface area contributed by atoms with Crippen molar-refractivity contribution in [1.29, 1.82) is 0 Å². The lowest BCUT2D eigenvalue weighted by molar-refractivity contribution is -0.141. The number of amides is 1. The maximum atomic E-state index is 11.5. The second-order valence-electron chi connectivity index (χ2n) is 18.5. The van der Waals surface area contributed by atoms with Crippen molar-refractivity contribution in [2.75, 3.05) is 34.0 Å². The number of hydrogen-bond donors (Lipinski definition) is 2. The molecule has 8 nitrogen and oxygen atoms in total. The van der Waals surface area contributed by atoms with E-state index in [0.717, 1.165) is 77.2 Å². The zero-order valence-electron chi connectivity index (χ0n) is 42.8. The number of aliphatic hydroxyl groups excluding tert-OH is 1. The van der Waals surface area contributed by atoms with E-state index < -0.39 is 14.3 Å². The Balaban J connectivity index is 0.000000726. The molecular formula is C58H93NO7Si. The zero-order valence-corrected chi connectivity index (χ0v) is 43.8. The van der Waals surface area contributed by atoms with E-state index in [9.17, 15) is 14.4 Å². The Morgan fingerprint density at radius 2 is 0.851 bits per heavy atom. The van der Waals surface area contributed by atoms with Gasteiger partial charge in [0.05, 0.1) is 14.2 Å². The molecular weight excluding hydrogens is 851 g/mol. The van der Waals surface area contributed by atoms with E-state index in [0.29, 0.717) is 19.4 Å². The molecule has 0 aliphatic carbocycles. The van der Waals surface area contributed by atoms with E-state index in [1.54, 1.807) is 0 Å². The molecule has 0 aromatic heterocycles. The molecule has 0 unspecified atom stereocenters. The van der Waals surface area contributed by atoms with Crippen molar-refractivity contribution in [2.45, 2.75) is 193 Å². The first-order valence-electron chi connectivity index (χ1n) is 26.0. The van der Waals surface area contributed by atoms with Crippen LogP contribution in [0.2, 0.25) is 5.04 Å². The molecule has 0 aliphatic heterocycles. The summed E-state index contributed by atoms with van der Waals surface area (Å²) >= 11 is 0. The van der Waals surface area contributed by atoms with Gasteiger partial charge >= 0.3 is 11.9 Å². The molecule has 2 N–H and O–H groups in total. The second-order valence-corrected chi connectivity index (χ2v) is 22.8. The van der Waals surface area contributed by atoms with Gasteiger partial charge in [-0.05, 0) is 131 Å². The lowest BCUT2D eigenvalue weighted by atomic mass is 10.1. The van der Waals surface area contributed by atoms with Gasteiger partial charge < -0.3 is 24.3 Å². The average Bonchev–Trinajstić information content (AvgIpc) is 3.33. The van der Waals surface area contributed by atoms with Gasteiger partial charge in [0.1, 0.15) is 6.54 Å². The number of unbranched alkanes of at least 4 members (excludes halogenated alkanes) is 18. The number of ether oxygens (including phenoxy) is 2. The molecule has 0 aliphatic rings. The Kier molecular flexibility index (Phi) is 38.3. The van der Waals surface area contributed by atoms with Crippen LogP contribution in [0.25, 0.3) is 0 Å². The number of nitrogens with one attached hydrogen (secondary N) is 1. The molecule has 9 heteroatoms. The van der Waals surface area contributed by atoms with Crippen LogP contribution in [0.3, 0.4) is 0 Å². The topological polar surface area (TPSA) is 111 Å². The van der Waals surface area contributed by atoms with Gasteiger partial charge in [0.2, 0.25) is 5.91 Å². The standard InChI is InChI=1S/C36H54O3Si.C22H39NO4/c1-36(2,3)40(33-27-21-19-22-28-33,34-29-23-20-24-30-34)39-32-26-18-16-14-12-10-8-6-5-7-9-11-13-15-17-25-31-35(37)38-4;1-27-22(26)20-23-21(25)18-16-14-12-10-8-6-4-2-3-5-7-9-11-13-15-17-19-24/h12-15,19-24,27-30H,5-11,16-18,25-26,31-32H2,1-4H3;9-12,24H,2-8,13-20H2,1H3,(H,23,25)/b14-12-,15-13-;11-9-,12-10-. The minimum Gasteiger partial charge on any atom is -0.469 e. The Labute approximate surface area is 409 Å². The van der Waals surface area contributed by atoms with Crippen molar-refractivity contribution >= 4 is 36.5 Å². The number of rotatable bonds is 38. The lowest BCUT2D eigenvalue weighted by Gasteiger charge is -2.43. The average molecular weight is 944 g/mol. The summed E-state index contributed by atoms with van der Waals surface area (Å²) in [5, 5.41) is 14.0. The van der Waals surface area contributed by atoms with Gasteiger partial charge in [0, 0.05) is 26.1 Å². The lowest BCUT2D eigenvalue weighted by Crippen LogP contribution is -2.66. The highest BCUT2D eigenvalue weighted by molar-refractivity contribution is 6.99. The van der Waals surface area contributed by atoms with Gasteiger partial charge in [0.15, 0.2) is 0 Å². The summed E-state index contributed by atoms with van der Waals surface area (Å²) in [5.74, 6) is -0.636. The largest absolute Gasteiger partial charge is 0.469 e. The zero-order chi connectivity index (χ0) is 48.9. The minimum atomic E-state index is -2.40. The maximum absolute atomic E-state index is 11.5. The molecule has 2 aromatic carbocycles. The van der Waals surface area contributed by atoms with Crippen LogP contribution in [-0.4, -0.2) is 65.2 Å². The van der Waals surface area contributed by atoms with Crippen LogP contribution < -0.4 is 15.7 Å². The highest BCUT2D eigenvalue weighted by atomic mass is 28.4. The Morgan fingerprint density at radius 1 is 0.493 bits per heavy atom. The normalized spacial score (nSPS) is 12.0. The Morgan fingerprint density at radius 3 is 1.24 bits per heavy atom. The number of methoxy groups -OCH3 is 2. The maximum Gasteiger partial charge on any atom is 0.325 e. The fourth-order valence-electron chi connectivity index (χ4n) is 7.96. The van der Waals surface area contributed by atoms with Gasteiger partial charge in [0.25, 0.3) is 8.32 Å². The molecule has 2 aromatic rings. The highest BCUT2D eigenvalue weighted by Gasteiger charge is 2.49. The Hall–Kier alpha value is -4.05. The van der Waals surface area contributed by atoms with Gasteiger partial charge in [-0.25, -0.2) is 0 Å². The fourth-order valence-corrected chi connectivity index (χ4v) is 12.6. The first kappa shape index (κ1) is 61.0. The van der Waals surface area contributed by atoms with E-state index in [4.69, 9.17) is 9.53 Å². The summed E-state index contributed by atoms with van der Waals surface area (Å²) in [5.41, 5.74) is 0. The third-order valence-corrected chi connectivity index (χ3v) is 16.9. The van der Waals surface area contributed by atoms with E-state index in [1.165, 1.54) is 108 Å². The number of aliphatic hydroxyl groups is 1. The molecule has 0 saturated heterocycles. The number of carbonyl (C=O) groups is 3. The predicted octanol–water partition coefficient (Wildman–Crippen LogP) is 13.4. The van der Waals surface area contributed by atoms with Crippen molar-refractivity contribution in [3.05, 3.63) is 109 Å². The summed E-state index contributed by atoms with van der Waals surface area (Å²) in [4.78, 5) is 33.4. The quantitative estimate of drug-likeness (QED) is 0.0298. The summed E-state index contributed by atoms with van der Waals surface area (Å²) in [7, 11) is 0.352. The summed E-state index contributed by atoms with van der Waals surface area (Å²) in [6, 6.07) is 21.9. The molecule has 376 valence electrons. The third-order valence-electron chi connectivity index (χ3n) is 11.8. The summed E-state index contributed by atoms with van der Waals surface area (Å²) < 4.78 is 16.1. The van der Waals surface area contributed by atoms with Gasteiger partial charge in [-0.3, -0.25) is 14.4 Å². The minimum absolute atomic E-state index is 0.0408. The summed E-state index contributed by atoms with van der Waals surface area (Å²) in [6.45, 7) is 8.10. The van der Waals surface area contributed by atoms with Crippen LogP contribution in [-0.2, 0) is 28.3 Å². The molecule has 0 fully saturated rings. The van der Waals surface area contributed by atoms with E-state index in [1.807, 2.05) is 0 Å². The van der Waals surface area contributed by atoms with E-state index in [2.05, 4.69) is 145 Å². The number of benzene rings is 2. The van der Waals surface area contributed by atoms with Crippen molar-refractivity contribution in [1.82, 2.24) is 5.32 Å². The molecule has 0 atom stereocenters. The number of esters is 2. The number of carbonyl (C=O) groups excluding carboxylic acids is 3. The smallest absolute Gasteiger partial charge is 0.325 e. The van der Waals surface area contributed by atoms with Crippen LogP contribution in [0.5, 0.6) is 0 Å². The SMILES string of the molecule is COC(=O)CCC/C=C\CCCCCCC/C=C\CCCCO[Si](c1ccccc1)(c1ccccc1)C(C)(C)C.COC(=O)CNC(=O)CCC/C=C\CCCCCCC/C=C\CCCCO. The van der Waals surface area contributed by atoms with Crippen LogP contribution in [0, 0.1) is 0 Å². The molecule has 2 rings (SSSR count). The third kappa shape index (κ3) is 31.6. The fraction of sp³-hybridized carbons (Fsp3) is 0.603. The van der Waals surface area contributed by atoms with Crippen LogP contribution in [0.15, 0.2) is 109 Å². The van der Waals surface area contributed by atoms with Gasteiger partial charge in [-0.15, -0.1) is 0 Å². The van der Waals surface area contributed by atoms with Gasteiger partial charge in [-0.2, -0.15) is 0 Å². The van der Waals surface area contributed by atoms with Crippen molar-refractivity contribution in [3.63, 3.8) is 0 Å². The highest BCUT2D eigenvalue weighted by Crippen LogP contribution is 2.37. The van der Waals surface area contributed by atoms with Crippen LogP contribution in [0.4, 0.5) is 0 Å². The number of hydrogen-bond acceptors (Lipinski definition) is 7. The van der Waals surface area contributed by atoms with Crippen molar-refractivity contribution < 1.29 is 33.4 Å². The second kappa shape index (κ2) is 42.1. The molecule has 0 bridgehead atoms. The molecule has 0 heterocycles. The van der Waals surface area contributed by atoms with Crippen LogP contribution in [0.1, 0.15) is 188 Å². The molecule has 0 radical (unpaired) electrons. The molecule has 67 heavy (non-hydrogen) atoms. The molecule has 1 amide bonds. The predicted molar refractivity (Wildman–Crippen MR) is 284 cm³/mol. The van der Waals surface area contributed by atoms with Crippen molar-refractivity contribution in [2.24, 2.45) is 0 Å². The van der Waals surface area contributed by atoms with E-state index in [-0.39, 0.29) is 23.5 Å². The Bertz CT molecular complexity index is 1580. The molecule has 0 saturated carbocycles. The molecule has 0 spiro atoms. The first-order valence-corrected chi connectivity index (χ1v) is 27.9.